The Balaban J connectivity index is 1.93. The molecular formula is C16H17BrFNO. The molecule has 2 rings (SSSR count). The standard InChI is InChI=1S/C16H17BrFNO/c1-2-19-10-12-3-7-15(8-4-12)20-11-13-5-6-14(18)9-16(13)17/h3-9,19H,2,10-11H2,1H3. The van der Waals surface area contributed by atoms with E-state index in [1.165, 1.54) is 17.7 Å². The first-order chi connectivity index (χ1) is 9.69. The van der Waals surface area contributed by atoms with Gasteiger partial charge in [0.15, 0.2) is 0 Å². The number of benzene rings is 2. The van der Waals surface area contributed by atoms with Crippen LogP contribution in [0.2, 0.25) is 0 Å². The maximum atomic E-state index is 13.0. The molecule has 106 valence electrons. The van der Waals surface area contributed by atoms with Crippen LogP contribution in [0.5, 0.6) is 5.75 Å². The van der Waals surface area contributed by atoms with Gasteiger partial charge >= 0.3 is 0 Å². The first kappa shape index (κ1) is 15.0. The Hall–Kier alpha value is -1.39. The molecule has 0 saturated heterocycles. The fourth-order valence-corrected chi connectivity index (χ4v) is 2.24. The lowest BCUT2D eigenvalue weighted by Crippen LogP contribution is -2.11. The molecule has 1 N–H and O–H groups in total. The van der Waals surface area contributed by atoms with Crippen LogP contribution in [0.25, 0.3) is 0 Å². The average Bonchev–Trinajstić information content (AvgIpc) is 2.45. The van der Waals surface area contributed by atoms with E-state index in [2.05, 4.69) is 28.2 Å². The Bertz CT molecular complexity index is 557. The summed E-state index contributed by atoms with van der Waals surface area (Å²) in [4.78, 5) is 0. The Morgan fingerprint density at radius 3 is 2.55 bits per heavy atom. The van der Waals surface area contributed by atoms with Crippen molar-refractivity contribution in [2.75, 3.05) is 6.54 Å². The molecular weight excluding hydrogens is 321 g/mol. The maximum absolute atomic E-state index is 13.0. The number of nitrogens with one attached hydrogen (secondary N) is 1. The minimum atomic E-state index is -0.256. The summed E-state index contributed by atoms with van der Waals surface area (Å²) in [5.74, 6) is 0.551. The molecule has 0 aliphatic carbocycles. The van der Waals surface area contributed by atoms with E-state index in [1.807, 2.05) is 24.3 Å². The molecule has 0 radical (unpaired) electrons. The van der Waals surface area contributed by atoms with Gasteiger partial charge < -0.3 is 10.1 Å². The summed E-state index contributed by atoms with van der Waals surface area (Å²) in [7, 11) is 0. The molecule has 4 heteroatoms. The van der Waals surface area contributed by atoms with Crippen molar-refractivity contribution in [1.29, 1.82) is 0 Å². The zero-order valence-corrected chi connectivity index (χ0v) is 12.9. The van der Waals surface area contributed by atoms with Crippen molar-refractivity contribution in [3.05, 3.63) is 63.9 Å². The van der Waals surface area contributed by atoms with E-state index in [-0.39, 0.29) is 5.82 Å². The van der Waals surface area contributed by atoms with E-state index in [0.29, 0.717) is 6.61 Å². The Morgan fingerprint density at radius 1 is 1.15 bits per heavy atom. The largest absolute Gasteiger partial charge is 0.489 e. The highest BCUT2D eigenvalue weighted by molar-refractivity contribution is 9.10. The summed E-state index contributed by atoms with van der Waals surface area (Å²) < 4.78 is 19.4. The molecule has 2 aromatic carbocycles. The van der Waals surface area contributed by atoms with Crippen LogP contribution in [0.4, 0.5) is 4.39 Å². The van der Waals surface area contributed by atoms with Crippen molar-refractivity contribution >= 4 is 15.9 Å². The van der Waals surface area contributed by atoms with Crippen molar-refractivity contribution in [3.8, 4) is 5.75 Å². The van der Waals surface area contributed by atoms with Crippen molar-refractivity contribution in [2.45, 2.75) is 20.1 Å². The highest BCUT2D eigenvalue weighted by Crippen LogP contribution is 2.20. The third kappa shape index (κ3) is 4.32. The molecule has 0 spiro atoms. The smallest absolute Gasteiger partial charge is 0.124 e. The van der Waals surface area contributed by atoms with Crippen LogP contribution < -0.4 is 10.1 Å². The number of ether oxygens (including phenoxy) is 1. The van der Waals surface area contributed by atoms with Crippen LogP contribution in [0.3, 0.4) is 0 Å². The zero-order valence-electron chi connectivity index (χ0n) is 11.3. The van der Waals surface area contributed by atoms with Gasteiger partial charge in [-0.15, -0.1) is 0 Å². The van der Waals surface area contributed by atoms with Crippen LogP contribution in [-0.2, 0) is 13.2 Å². The quantitative estimate of drug-likeness (QED) is 0.849. The van der Waals surface area contributed by atoms with Crippen LogP contribution in [0, 0.1) is 5.82 Å². The van der Waals surface area contributed by atoms with Gasteiger partial charge in [-0.1, -0.05) is 41.1 Å². The Labute approximate surface area is 127 Å². The molecule has 0 atom stereocenters. The molecule has 0 aliphatic rings. The molecule has 2 nitrogen and oxygen atoms in total. The first-order valence-electron chi connectivity index (χ1n) is 6.55. The SMILES string of the molecule is CCNCc1ccc(OCc2ccc(F)cc2Br)cc1. The van der Waals surface area contributed by atoms with Gasteiger partial charge in [0.25, 0.3) is 0 Å². The third-order valence-electron chi connectivity index (χ3n) is 2.91. The molecule has 0 heterocycles. The van der Waals surface area contributed by atoms with Gasteiger partial charge in [-0.3, -0.25) is 0 Å². The van der Waals surface area contributed by atoms with E-state index < -0.39 is 0 Å². The zero-order chi connectivity index (χ0) is 14.4. The van der Waals surface area contributed by atoms with Crippen molar-refractivity contribution in [2.24, 2.45) is 0 Å². The normalized spacial score (nSPS) is 10.6. The fraction of sp³-hybridized carbons (Fsp3) is 0.250. The van der Waals surface area contributed by atoms with Gasteiger partial charge in [0.05, 0.1) is 0 Å². The van der Waals surface area contributed by atoms with Crippen LogP contribution in [0.1, 0.15) is 18.1 Å². The summed E-state index contributed by atoms with van der Waals surface area (Å²) in [6.45, 7) is 4.31. The minimum Gasteiger partial charge on any atom is -0.489 e. The number of hydrogen-bond donors (Lipinski definition) is 1. The summed E-state index contributed by atoms with van der Waals surface area (Å²) in [6.07, 6.45) is 0. The second-order valence-electron chi connectivity index (χ2n) is 4.45. The second kappa shape index (κ2) is 7.41. The van der Waals surface area contributed by atoms with Crippen molar-refractivity contribution < 1.29 is 9.13 Å². The highest BCUT2D eigenvalue weighted by atomic mass is 79.9. The number of halogens is 2. The molecule has 0 saturated carbocycles. The van der Waals surface area contributed by atoms with Gasteiger partial charge in [-0.2, -0.15) is 0 Å². The maximum Gasteiger partial charge on any atom is 0.124 e. The van der Waals surface area contributed by atoms with Gasteiger partial charge in [0, 0.05) is 16.6 Å². The summed E-state index contributed by atoms with van der Waals surface area (Å²) in [5.41, 5.74) is 2.14. The average molecular weight is 338 g/mol. The molecule has 0 amide bonds. The van der Waals surface area contributed by atoms with Crippen molar-refractivity contribution in [1.82, 2.24) is 5.32 Å². The van der Waals surface area contributed by atoms with Crippen molar-refractivity contribution in [3.63, 3.8) is 0 Å². The second-order valence-corrected chi connectivity index (χ2v) is 5.30. The summed E-state index contributed by atoms with van der Waals surface area (Å²) in [6, 6.07) is 12.6. The molecule has 0 fully saturated rings. The Kier molecular flexibility index (Phi) is 5.56. The van der Waals surface area contributed by atoms with E-state index in [0.717, 1.165) is 28.9 Å². The predicted octanol–water partition coefficient (Wildman–Crippen LogP) is 4.28. The molecule has 20 heavy (non-hydrogen) atoms. The molecule has 2 aromatic rings. The van der Waals surface area contributed by atoms with Gasteiger partial charge in [-0.25, -0.2) is 4.39 Å². The van der Waals surface area contributed by atoms with Gasteiger partial charge in [0.2, 0.25) is 0 Å². The van der Waals surface area contributed by atoms with E-state index in [9.17, 15) is 4.39 Å². The monoisotopic (exact) mass is 337 g/mol. The Morgan fingerprint density at radius 2 is 1.90 bits per heavy atom. The van der Waals surface area contributed by atoms with Gasteiger partial charge in [0.1, 0.15) is 18.2 Å². The van der Waals surface area contributed by atoms with E-state index in [1.54, 1.807) is 6.07 Å². The molecule has 0 aromatic heterocycles. The van der Waals surface area contributed by atoms with Crippen LogP contribution >= 0.6 is 15.9 Å². The predicted molar refractivity (Wildman–Crippen MR) is 82.3 cm³/mol. The summed E-state index contributed by atoms with van der Waals surface area (Å²) in [5, 5.41) is 3.27. The van der Waals surface area contributed by atoms with E-state index in [4.69, 9.17) is 4.74 Å². The minimum absolute atomic E-state index is 0.256. The lowest BCUT2D eigenvalue weighted by Gasteiger charge is -2.09. The third-order valence-corrected chi connectivity index (χ3v) is 3.65. The number of rotatable bonds is 6. The molecule has 0 aliphatic heterocycles. The van der Waals surface area contributed by atoms with Gasteiger partial charge in [-0.05, 0) is 36.4 Å². The summed E-state index contributed by atoms with van der Waals surface area (Å²) >= 11 is 3.33. The topological polar surface area (TPSA) is 21.3 Å². The highest BCUT2D eigenvalue weighted by Gasteiger charge is 2.03. The van der Waals surface area contributed by atoms with Crippen LogP contribution in [0.15, 0.2) is 46.9 Å². The molecule has 0 unspecified atom stereocenters. The fourth-order valence-electron chi connectivity index (χ4n) is 1.77. The van der Waals surface area contributed by atoms with Crippen LogP contribution in [-0.4, -0.2) is 6.54 Å². The van der Waals surface area contributed by atoms with E-state index >= 15 is 0 Å². The first-order valence-corrected chi connectivity index (χ1v) is 7.34. The molecule has 0 bridgehead atoms. The lowest BCUT2D eigenvalue weighted by atomic mass is 10.2. The number of hydrogen-bond acceptors (Lipinski definition) is 2. The lowest BCUT2D eigenvalue weighted by molar-refractivity contribution is 0.305.